The number of halogens is 2. The second-order valence-corrected chi connectivity index (χ2v) is 7.60. The van der Waals surface area contributed by atoms with Crippen molar-refractivity contribution in [2.24, 2.45) is 5.73 Å². The fourth-order valence-electron chi connectivity index (χ4n) is 3.02. The normalized spacial score (nSPS) is 13.1. The van der Waals surface area contributed by atoms with Gasteiger partial charge in [-0.2, -0.15) is 0 Å². The largest absolute Gasteiger partial charge is 0.368 e. The lowest BCUT2D eigenvalue weighted by molar-refractivity contribution is -0.120. The van der Waals surface area contributed by atoms with Crippen LogP contribution in [0.4, 0.5) is 5.69 Å². The number of primary amides is 1. The summed E-state index contributed by atoms with van der Waals surface area (Å²) in [5, 5.41) is 4.50. The van der Waals surface area contributed by atoms with Crippen LogP contribution in [0, 0.1) is 0 Å². The number of nitrogens with one attached hydrogen (secondary N) is 1. The van der Waals surface area contributed by atoms with Gasteiger partial charge in [0.2, 0.25) is 11.8 Å². The number of aromatic nitrogens is 1. The molecule has 0 bridgehead atoms. The summed E-state index contributed by atoms with van der Waals surface area (Å²) >= 11 is 12.2. The van der Waals surface area contributed by atoms with Crippen LogP contribution >= 0.6 is 23.2 Å². The van der Waals surface area contributed by atoms with Crippen LogP contribution in [0.2, 0.25) is 10.0 Å². The van der Waals surface area contributed by atoms with Gasteiger partial charge in [-0.1, -0.05) is 35.3 Å². The van der Waals surface area contributed by atoms with E-state index in [1.54, 1.807) is 50.2 Å². The SMILES string of the molecule is CC(C(=O)Nc1c(Cl)ccc2c(=O)n(C(C)C(N)=O)ccc12)c1ccc(Cl)cc1. The summed E-state index contributed by atoms with van der Waals surface area (Å²) in [6.45, 7) is 3.31. The highest BCUT2D eigenvalue weighted by Gasteiger charge is 2.20. The molecule has 1 aromatic heterocycles. The second kappa shape index (κ2) is 8.27. The molecule has 0 spiro atoms. The van der Waals surface area contributed by atoms with Gasteiger partial charge in [-0.25, -0.2) is 0 Å². The van der Waals surface area contributed by atoms with Gasteiger partial charge in [0.25, 0.3) is 5.56 Å². The van der Waals surface area contributed by atoms with Crippen molar-refractivity contribution in [2.45, 2.75) is 25.8 Å². The van der Waals surface area contributed by atoms with Gasteiger partial charge in [-0.05, 0) is 49.7 Å². The first-order chi connectivity index (χ1) is 13.7. The van der Waals surface area contributed by atoms with Crippen LogP contribution in [-0.4, -0.2) is 16.4 Å². The monoisotopic (exact) mass is 431 g/mol. The van der Waals surface area contributed by atoms with Crippen molar-refractivity contribution in [2.75, 3.05) is 5.32 Å². The third-order valence-electron chi connectivity index (χ3n) is 4.90. The number of nitrogens with two attached hydrogens (primary N) is 1. The number of hydrogen-bond donors (Lipinski definition) is 2. The molecule has 29 heavy (non-hydrogen) atoms. The van der Waals surface area contributed by atoms with E-state index in [1.165, 1.54) is 16.8 Å². The summed E-state index contributed by atoms with van der Waals surface area (Å²) in [5.74, 6) is -1.36. The Hall–Kier alpha value is -2.83. The third kappa shape index (κ3) is 4.13. The Morgan fingerprint density at radius 2 is 1.66 bits per heavy atom. The first kappa shape index (κ1) is 20.9. The molecule has 2 aromatic carbocycles. The van der Waals surface area contributed by atoms with Gasteiger partial charge in [-0.15, -0.1) is 0 Å². The summed E-state index contributed by atoms with van der Waals surface area (Å²) in [4.78, 5) is 37.1. The molecule has 8 heteroatoms. The van der Waals surface area contributed by atoms with E-state index < -0.39 is 23.4 Å². The first-order valence-electron chi connectivity index (χ1n) is 8.89. The van der Waals surface area contributed by atoms with E-state index in [1.807, 2.05) is 0 Å². The number of hydrogen-bond acceptors (Lipinski definition) is 3. The minimum atomic E-state index is -0.800. The van der Waals surface area contributed by atoms with Crippen molar-refractivity contribution < 1.29 is 9.59 Å². The van der Waals surface area contributed by atoms with Crippen LogP contribution < -0.4 is 16.6 Å². The van der Waals surface area contributed by atoms with Crippen molar-refractivity contribution >= 4 is 51.5 Å². The number of carbonyl (C=O) groups excluding carboxylic acids is 2. The molecule has 3 N–H and O–H groups in total. The van der Waals surface area contributed by atoms with Gasteiger partial charge in [0.05, 0.1) is 16.6 Å². The fourth-order valence-corrected chi connectivity index (χ4v) is 3.36. The summed E-state index contributed by atoms with van der Waals surface area (Å²) in [7, 11) is 0. The molecule has 2 amide bonds. The second-order valence-electron chi connectivity index (χ2n) is 6.75. The average molecular weight is 432 g/mol. The third-order valence-corrected chi connectivity index (χ3v) is 5.47. The molecule has 2 unspecified atom stereocenters. The van der Waals surface area contributed by atoms with Gasteiger partial charge in [0.1, 0.15) is 6.04 Å². The zero-order chi connectivity index (χ0) is 21.3. The van der Waals surface area contributed by atoms with Crippen LogP contribution in [0.1, 0.15) is 31.4 Å². The van der Waals surface area contributed by atoms with Crippen molar-refractivity contribution in [1.29, 1.82) is 0 Å². The molecule has 3 aromatic rings. The lowest BCUT2D eigenvalue weighted by Crippen LogP contribution is -2.31. The van der Waals surface area contributed by atoms with Crippen LogP contribution in [0.15, 0.2) is 53.5 Å². The summed E-state index contributed by atoms with van der Waals surface area (Å²) in [6.07, 6.45) is 1.47. The van der Waals surface area contributed by atoms with Crippen LogP contribution in [0.5, 0.6) is 0 Å². The van der Waals surface area contributed by atoms with Gasteiger partial charge in [0, 0.05) is 22.0 Å². The number of pyridine rings is 1. The van der Waals surface area contributed by atoms with E-state index in [9.17, 15) is 14.4 Å². The van der Waals surface area contributed by atoms with Gasteiger partial charge >= 0.3 is 0 Å². The molecule has 0 radical (unpaired) electrons. The molecule has 3 rings (SSSR count). The van der Waals surface area contributed by atoms with Crippen LogP contribution in [-0.2, 0) is 9.59 Å². The molecule has 0 saturated carbocycles. The lowest BCUT2D eigenvalue weighted by Gasteiger charge is -2.17. The van der Waals surface area contributed by atoms with E-state index in [0.29, 0.717) is 26.5 Å². The number of fused-ring (bicyclic) bond motifs is 1. The number of rotatable bonds is 5. The van der Waals surface area contributed by atoms with Crippen LogP contribution in [0.25, 0.3) is 10.8 Å². The van der Waals surface area contributed by atoms with Crippen LogP contribution in [0.3, 0.4) is 0 Å². The molecule has 0 aliphatic heterocycles. The summed E-state index contributed by atoms with van der Waals surface area (Å²) < 4.78 is 1.25. The lowest BCUT2D eigenvalue weighted by atomic mass is 10.00. The molecule has 0 fully saturated rings. The maximum Gasteiger partial charge on any atom is 0.259 e. The van der Waals surface area contributed by atoms with Gasteiger partial charge in [0.15, 0.2) is 0 Å². The highest BCUT2D eigenvalue weighted by Crippen LogP contribution is 2.31. The summed E-state index contributed by atoms with van der Waals surface area (Å²) in [5.41, 5.74) is 6.05. The fraction of sp³-hybridized carbons (Fsp3) is 0.190. The molecule has 150 valence electrons. The Kier molecular flexibility index (Phi) is 5.96. The smallest absolute Gasteiger partial charge is 0.259 e. The van der Waals surface area contributed by atoms with Gasteiger partial charge < -0.3 is 15.6 Å². The maximum absolute atomic E-state index is 12.8. The number of benzene rings is 2. The minimum Gasteiger partial charge on any atom is -0.368 e. The Morgan fingerprint density at radius 3 is 2.28 bits per heavy atom. The molecular weight excluding hydrogens is 413 g/mol. The van der Waals surface area contributed by atoms with E-state index in [4.69, 9.17) is 28.9 Å². The Labute approximate surface area is 177 Å². The average Bonchev–Trinajstić information content (AvgIpc) is 2.69. The Balaban J connectivity index is 2.00. The molecule has 2 atom stereocenters. The minimum absolute atomic E-state index is 0.281. The number of anilines is 1. The Bertz CT molecular complexity index is 1160. The van der Waals surface area contributed by atoms with E-state index in [2.05, 4.69) is 5.32 Å². The van der Waals surface area contributed by atoms with Crippen molar-refractivity contribution in [3.05, 3.63) is 74.6 Å². The molecule has 0 saturated heterocycles. The van der Waals surface area contributed by atoms with Gasteiger partial charge in [-0.3, -0.25) is 14.4 Å². The standard InChI is InChI=1S/C21H19Cl2N3O3/c1-11(13-3-5-14(22)6-4-13)20(28)25-18-15-9-10-26(12(2)19(24)27)21(29)16(15)7-8-17(18)23/h3-12H,1-2H3,(H2,24,27)(H,25,28). The first-order valence-corrected chi connectivity index (χ1v) is 9.65. The molecule has 0 aliphatic rings. The summed E-state index contributed by atoms with van der Waals surface area (Å²) in [6, 6.07) is 10.9. The maximum atomic E-state index is 12.8. The Morgan fingerprint density at radius 1 is 1.00 bits per heavy atom. The molecule has 0 aliphatic carbocycles. The highest BCUT2D eigenvalue weighted by atomic mass is 35.5. The van der Waals surface area contributed by atoms with E-state index in [0.717, 1.165) is 5.56 Å². The quantitative estimate of drug-likeness (QED) is 0.636. The number of nitrogens with zero attached hydrogens (tertiary/aromatic N) is 1. The van der Waals surface area contributed by atoms with E-state index >= 15 is 0 Å². The number of carbonyl (C=O) groups is 2. The predicted molar refractivity (Wildman–Crippen MR) is 116 cm³/mol. The van der Waals surface area contributed by atoms with Crippen molar-refractivity contribution in [3.63, 3.8) is 0 Å². The van der Waals surface area contributed by atoms with E-state index in [-0.39, 0.29) is 5.91 Å². The van der Waals surface area contributed by atoms with Crippen molar-refractivity contribution in [3.8, 4) is 0 Å². The van der Waals surface area contributed by atoms with Crippen molar-refractivity contribution in [1.82, 2.24) is 4.57 Å². The molecular formula is C21H19Cl2N3O3. The molecule has 1 heterocycles. The molecule has 6 nitrogen and oxygen atoms in total. The predicted octanol–water partition coefficient (Wildman–Crippen LogP) is 4.10. The number of amides is 2. The topological polar surface area (TPSA) is 94.2 Å². The zero-order valence-electron chi connectivity index (χ0n) is 15.8. The highest BCUT2D eigenvalue weighted by molar-refractivity contribution is 6.35. The zero-order valence-corrected chi connectivity index (χ0v) is 17.3.